The van der Waals surface area contributed by atoms with E-state index in [1.165, 1.54) is 5.56 Å². The van der Waals surface area contributed by atoms with Gasteiger partial charge in [-0.2, -0.15) is 5.10 Å². The lowest BCUT2D eigenvalue weighted by Crippen LogP contribution is -2.25. The monoisotopic (exact) mass is 233 g/mol. The maximum Gasteiger partial charge on any atom is 0.0695 e. The molecule has 0 aliphatic rings. The van der Waals surface area contributed by atoms with Crippen LogP contribution in [-0.4, -0.2) is 28.0 Å². The summed E-state index contributed by atoms with van der Waals surface area (Å²) in [6.45, 7) is 3.23. The largest absolute Gasteiger partial charge is 0.396 e. The van der Waals surface area contributed by atoms with Gasteiger partial charge in [0.1, 0.15) is 0 Å². The van der Waals surface area contributed by atoms with Gasteiger partial charge in [0.15, 0.2) is 0 Å². The quantitative estimate of drug-likeness (QED) is 0.713. The molecule has 0 aliphatic heterocycles. The van der Waals surface area contributed by atoms with E-state index in [1.807, 2.05) is 12.3 Å². The number of fused-ring (bicyclic) bond motifs is 1. The summed E-state index contributed by atoms with van der Waals surface area (Å²) < 4.78 is 0. The Morgan fingerprint density at radius 1 is 1.47 bits per heavy atom. The van der Waals surface area contributed by atoms with Gasteiger partial charge in [-0.1, -0.05) is 18.2 Å². The second kappa shape index (κ2) is 5.80. The molecule has 0 radical (unpaired) electrons. The number of nitrogens with zero attached hydrogens (tertiary/aromatic N) is 1. The number of aromatic nitrogens is 2. The molecule has 1 aromatic heterocycles. The van der Waals surface area contributed by atoms with Crippen molar-refractivity contribution in [3.8, 4) is 0 Å². The van der Waals surface area contributed by atoms with Crippen LogP contribution in [0.15, 0.2) is 24.4 Å². The first-order chi connectivity index (χ1) is 8.31. The van der Waals surface area contributed by atoms with Crippen molar-refractivity contribution >= 4 is 10.9 Å². The smallest absolute Gasteiger partial charge is 0.0695 e. The Hall–Kier alpha value is -1.39. The van der Waals surface area contributed by atoms with Gasteiger partial charge in [-0.15, -0.1) is 0 Å². The first-order valence-electron chi connectivity index (χ1n) is 6.06. The molecule has 0 saturated heterocycles. The Morgan fingerprint density at radius 2 is 2.35 bits per heavy atom. The van der Waals surface area contributed by atoms with E-state index in [9.17, 15) is 0 Å². The molecule has 1 aromatic carbocycles. The number of rotatable bonds is 6. The average molecular weight is 233 g/mol. The molecule has 1 unspecified atom stereocenters. The van der Waals surface area contributed by atoms with Crippen LogP contribution in [0, 0.1) is 0 Å². The molecule has 1 heterocycles. The molecule has 1 atom stereocenters. The van der Waals surface area contributed by atoms with Crippen molar-refractivity contribution < 1.29 is 5.11 Å². The Balaban J connectivity index is 1.96. The summed E-state index contributed by atoms with van der Waals surface area (Å²) in [7, 11) is 0. The maximum absolute atomic E-state index is 8.77. The molecule has 92 valence electrons. The van der Waals surface area contributed by atoms with E-state index in [2.05, 4.69) is 34.6 Å². The summed E-state index contributed by atoms with van der Waals surface area (Å²) in [6.07, 6.45) is 3.69. The zero-order chi connectivity index (χ0) is 12.1. The van der Waals surface area contributed by atoms with Crippen LogP contribution in [0.5, 0.6) is 0 Å². The van der Waals surface area contributed by atoms with Crippen LogP contribution in [-0.2, 0) is 6.54 Å². The Bertz CT molecular complexity index is 466. The highest BCUT2D eigenvalue weighted by atomic mass is 16.2. The minimum Gasteiger partial charge on any atom is -0.396 e. The number of nitrogens with one attached hydrogen (secondary N) is 2. The summed E-state index contributed by atoms with van der Waals surface area (Å²) in [6, 6.07) is 6.62. The van der Waals surface area contributed by atoms with Gasteiger partial charge in [-0.05, 0) is 25.3 Å². The lowest BCUT2D eigenvalue weighted by molar-refractivity contribution is 0.276. The summed E-state index contributed by atoms with van der Waals surface area (Å²) in [4.78, 5) is 0. The molecule has 2 rings (SSSR count). The average Bonchev–Trinajstić information content (AvgIpc) is 2.82. The lowest BCUT2D eigenvalue weighted by Gasteiger charge is -2.13. The molecule has 0 saturated carbocycles. The third-order valence-electron chi connectivity index (χ3n) is 3.00. The van der Waals surface area contributed by atoms with E-state index in [1.54, 1.807) is 0 Å². The number of aliphatic hydroxyl groups excluding tert-OH is 1. The van der Waals surface area contributed by atoms with Gasteiger partial charge >= 0.3 is 0 Å². The van der Waals surface area contributed by atoms with E-state index in [-0.39, 0.29) is 6.61 Å². The second-order valence-corrected chi connectivity index (χ2v) is 4.40. The van der Waals surface area contributed by atoms with Gasteiger partial charge < -0.3 is 10.4 Å². The minimum atomic E-state index is 0.266. The van der Waals surface area contributed by atoms with Crippen molar-refractivity contribution in [3.63, 3.8) is 0 Å². The van der Waals surface area contributed by atoms with Crippen molar-refractivity contribution in [1.29, 1.82) is 0 Å². The van der Waals surface area contributed by atoms with Gasteiger partial charge in [-0.3, -0.25) is 5.10 Å². The fourth-order valence-electron chi connectivity index (χ4n) is 1.96. The van der Waals surface area contributed by atoms with E-state index in [0.29, 0.717) is 6.04 Å². The molecular weight excluding hydrogens is 214 g/mol. The van der Waals surface area contributed by atoms with E-state index >= 15 is 0 Å². The van der Waals surface area contributed by atoms with Gasteiger partial charge in [0.2, 0.25) is 0 Å². The van der Waals surface area contributed by atoms with Gasteiger partial charge in [0.25, 0.3) is 0 Å². The predicted molar refractivity (Wildman–Crippen MR) is 68.7 cm³/mol. The van der Waals surface area contributed by atoms with Crippen molar-refractivity contribution in [2.45, 2.75) is 32.4 Å². The van der Waals surface area contributed by atoms with Crippen LogP contribution in [0.25, 0.3) is 10.9 Å². The van der Waals surface area contributed by atoms with Gasteiger partial charge in [0, 0.05) is 24.6 Å². The van der Waals surface area contributed by atoms with E-state index in [0.717, 1.165) is 30.3 Å². The number of hydrogen-bond donors (Lipinski definition) is 3. The molecule has 0 aliphatic carbocycles. The molecule has 0 fully saturated rings. The van der Waals surface area contributed by atoms with Crippen molar-refractivity contribution in [2.75, 3.05) is 6.61 Å². The lowest BCUT2D eigenvalue weighted by atomic mass is 10.1. The number of H-pyrrole nitrogens is 1. The summed E-state index contributed by atoms with van der Waals surface area (Å²) in [5, 5.41) is 20.5. The zero-order valence-corrected chi connectivity index (χ0v) is 10.1. The van der Waals surface area contributed by atoms with Crippen LogP contribution in [0.1, 0.15) is 25.3 Å². The third kappa shape index (κ3) is 3.05. The first-order valence-corrected chi connectivity index (χ1v) is 6.06. The standard InChI is InChI=1S/C13H19N3O/c1-10(4-3-7-17)14-8-11-5-2-6-12-9-15-16-13(11)12/h2,5-6,9-10,14,17H,3-4,7-8H2,1H3,(H,15,16). The van der Waals surface area contributed by atoms with Crippen LogP contribution < -0.4 is 5.32 Å². The third-order valence-corrected chi connectivity index (χ3v) is 3.00. The van der Waals surface area contributed by atoms with Crippen LogP contribution in [0.3, 0.4) is 0 Å². The Labute approximate surface area is 101 Å². The highest BCUT2D eigenvalue weighted by Crippen LogP contribution is 2.15. The number of hydrogen-bond acceptors (Lipinski definition) is 3. The number of benzene rings is 1. The fourth-order valence-corrected chi connectivity index (χ4v) is 1.96. The Kier molecular flexibility index (Phi) is 4.12. The number of para-hydroxylation sites is 1. The SMILES string of the molecule is CC(CCCO)NCc1cccc2cn[nH]c12. The normalized spacial score (nSPS) is 13.1. The van der Waals surface area contributed by atoms with E-state index in [4.69, 9.17) is 5.11 Å². The van der Waals surface area contributed by atoms with Crippen LogP contribution >= 0.6 is 0 Å². The minimum absolute atomic E-state index is 0.266. The highest BCUT2D eigenvalue weighted by Gasteiger charge is 2.05. The molecule has 4 nitrogen and oxygen atoms in total. The van der Waals surface area contributed by atoms with Crippen molar-refractivity contribution in [1.82, 2.24) is 15.5 Å². The number of aliphatic hydroxyl groups is 1. The zero-order valence-electron chi connectivity index (χ0n) is 10.1. The maximum atomic E-state index is 8.77. The summed E-state index contributed by atoms with van der Waals surface area (Å²) in [5.41, 5.74) is 2.34. The molecular formula is C13H19N3O. The first kappa shape index (κ1) is 12.1. The molecule has 17 heavy (non-hydrogen) atoms. The molecule has 0 amide bonds. The van der Waals surface area contributed by atoms with Crippen molar-refractivity contribution in [3.05, 3.63) is 30.0 Å². The van der Waals surface area contributed by atoms with Crippen LogP contribution in [0.4, 0.5) is 0 Å². The molecule has 3 N–H and O–H groups in total. The van der Waals surface area contributed by atoms with Crippen molar-refractivity contribution in [2.24, 2.45) is 0 Å². The summed E-state index contributed by atoms with van der Waals surface area (Å²) >= 11 is 0. The topological polar surface area (TPSA) is 60.9 Å². The van der Waals surface area contributed by atoms with Gasteiger partial charge in [0.05, 0.1) is 11.7 Å². The highest BCUT2D eigenvalue weighted by molar-refractivity contribution is 5.81. The molecule has 2 aromatic rings. The van der Waals surface area contributed by atoms with E-state index < -0.39 is 0 Å². The molecule has 4 heteroatoms. The Morgan fingerprint density at radius 3 is 3.18 bits per heavy atom. The predicted octanol–water partition coefficient (Wildman–Crippen LogP) is 1.81. The van der Waals surface area contributed by atoms with Crippen LogP contribution in [0.2, 0.25) is 0 Å². The summed E-state index contributed by atoms with van der Waals surface area (Å²) in [5.74, 6) is 0. The second-order valence-electron chi connectivity index (χ2n) is 4.40. The molecule has 0 spiro atoms. The number of aromatic amines is 1. The fraction of sp³-hybridized carbons (Fsp3) is 0.462. The van der Waals surface area contributed by atoms with Gasteiger partial charge in [-0.25, -0.2) is 0 Å². The molecule has 0 bridgehead atoms.